The molecule has 0 atom stereocenters. The highest BCUT2D eigenvalue weighted by Gasteiger charge is 2.36. The fourth-order valence-corrected chi connectivity index (χ4v) is 4.50. The standard InChI is InChI=1S/C23H33NO3/c1-22(2)11-7-17(8-12-22)20-15-18(5-6-19(20)21(24)25)16-9-13-23(26-3,27-4)14-10-16/h5-7,15-16H,8-14H2,1-4H3,(H2,24,25). The summed E-state index contributed by atoms with van der Waals surface area (Å²) in [6.45, 7) is 4.59. The molecule has 27 heavy (non-hydrogen) atoms. The van der Waals surface area contributed by atoms with Crippen molar-refractivity contribution in [3.8, 4) is 0 Å². The monoisotopic (exact) mass is 371 g/mol. The van der Waals surface area contributed by atoms with E-state index >= 15 is 0 Å². The Morgan fingerprint density at radius 2 is 1.78 bits per heavy atom. The van der Waals surface area contributed by atoms with Crippen molar-refractivity contribution in [1.82, 2.24) is 0 Å². The predicted molar refractivity (Wildman–Crippen MR) is 109 cm³/mol. The van der Waals surface area contributed by atoms with Crippen LogP contribution in [0.15, 0.2) is 24.3 Å². The van der Waals surface area contributed by atoms with Crippen LogP contribution in [0.4, 0.5) is 0 Å². The molecule has 0 aromatic heterocycles. The average Bonchev–Trinajstić information content (AvgIpc) is 2.67. The second-order valence-corrected chi connectivity index (χ2v) is 8.86. The number of carbonyl (C=O) groups excluding carboxylic acids is 1. The molecule has 1 amide bonds. The van der Waals surface area contributed by atoms with E-state index in [1.165, 1.54) is 11.1 Å². The first-order chi connectivity index (χ1) is 12.8. The predicted octanol–water partition coefficient (Wildman–Crippen LogP) is 5.03. The van der Waals surface area contributed by atoms with Crippen LogP contribution in [0.1, 0.15) is 86.2 Å². The van der Waals surface area contributed by atoms with E-state index < -0.39 is 5.79 Å². The molecule has 2 aliphatic rings. The maximum atomic E-state index is 12.0. The van der Waals surface area contributed by atoms with Crippen molar-refractivity contribution in [1.29, 1.82) is 0 Å². The number of rotatable bonds is 5. The van der Waals surface area contributed by atoms with Gasteiger partial charge in [0.15, 0.2) is 5.79 Å². The first-order valence-corrected chi connectivity index (χ1v) is 10.0. The summed E-state index contributed by atoms with van der Waals surface area (Å²) in [5.74, 6) is -0.322. The number of hydrogen-bond acceptors (Lipinski definition) is 3. The lowest BCUT2D eigenvalue weighted by molar-refractivity contribution is -0.224. The van der Waals surface area contributed by atoms with E-state index in [1.54, 1.807) is 14.2 Å². The number of allylic oxidation sites excluding steroid dienone is 2. The number of nitrogens with two attached hydrogens (primary N) is 1. The minimum atomic E-state index is -0.441. The number of benzene rings is 1. The zero-order valence-corrected chi connectivity index (χ0v) is 17.1. The van der Waals surface area contributed by atoms with Gasteiger partial charge in [0.05, 0.1) is 0 Å². The Morgan fingerprint density at radius 3 is 2.30 bits per heavy atom. The normalized spacial score (nSPS) is 22.3. The minimum absolute atomic E-state index is 0.334. The Kier molecular flexibility index (Phi) is 5.78. The second kappa shape index (κ2) is 7.76. The van der Waals surface area contributed by atoms with Crippen molar-refractivity contribution in [3.05, 3.63) is 41.0 Å². The quantitative estimate of drug-likeness (QED) is 0.739. The molecule has 3 rings (SSSR count). The van der Waals surface area contributed by atoms with Gasteiger partial charge in [0, 0.05) is 32.6 Å². The van der Waals surface area contributed by atoms with E-state index in [0.29, 0.717) is 16.9 Å². The number of primary amides is 1. The SMILES string of the molecule is COC1(OC)CCC(c2ccc(C(N)=O)c(C3=CCC(C)(C)CC3)c2)CC1. The van der Waals surface area contributed by atoms with E-state index in [1.807, 2.05) is 6.07 Å². The van der Waals surface area contributed by atoms with Gasteiger partial charge in [0.1, 0.15) is 0 Å². The smallest absolute Gasteiger partial charge is 0.249 e. The van der Waals surface area contributed by atoms with Gasteiger partial charge in [-0.3, -0.25) is 4.79 Å². The van der Waals surface area contributed by atoms with E-state index in [0.717, 1.165) is 50.5 Å². The third-order valence-electron chi connectivity index (χ3n) is 6.59. The number of carbonyl (C=O) groups is 1. The molecule has 0 heterocycles. The van der Waals surface area contributed by atoms with E-state index in [4.69, 9.17) is 15.2 Å². The van der Waals surface area contributed by atoms with Crippen LogP contribution >= 0.6 is 0 Å². The first kappa shape index (κ1) is 20.1. The van der Waals surface area contributed by atoms with Crippen LogP contribution in [0.3, 0.4) is 0 Å². The summed E-state index contributed by atoms with van der Waals surface area (Å²) in [6, 6.07) is 6.21. The van der Waals surface area contributed by atoms with Gasteiger partial charge in [0.2, 0.25) is 5.91 Å². The Hall–Kier alpha value is -1.65. The van der Waals surface area contributed by atoms with Gasteiger partial charge in [-0.1, -0.05) is 32.1 Å². The molecule has 1 saturated carbocycles. The molecule has 0 bridgehead atoms. The molecule has 4 nitrogen and oxygen atoms in total. The summed E-state index contributed by atoms with van der Waals surface area (Å²) in [5, 5.41) is 0. The van der Waals surface area contributed by atoms with Crippen molar-refractivity contribution in [2.45, 2.75) is 70.5 Å². The number of methoxy groups -OCH3 is 2. The van der Waals surface area contributed by atoms with Crippen molar-refractivity contribution in [3.63, 3.8) is 0 Å². The molecule has 1 aromatic rings. The Balaban J connectivity index is 1.87. The summed E-state index contributed by atoms with van der Waals surface area (Å²) in [4.78, 5) is 12.0. The highest BCUT2D eigenvalue weighted by molar-refractivity contribution is 5.98. The van der Waals surface area contributed by atoms with Crippen molar-refractivity contribution in [2.75, 3.05) is 14.2 Å². The van der Waals surface area contributed by atoms with Gasteiger partial charge in [0.25, 0.3) is 0 Å². The molecule has 0 radical (unpaired) electrons. The molecular weight excluding hydrogens is 338 g/mol. The van der Waals surface area contributed by atoms with Crippen molar-refractivity contribution >= 4 is 11.5 Å². The molecule has 2 N–H and O–H groups in total. The third-order valence-corrected chi connectivity index (χ3v) is 6.59. The van der Waals surface area contributed by atoms with Crippen LogP contribution in [-0.4, -0.2) is 25.9 Å². The summed E-state index contributed by atoms with van der Waals surface area (Å²) in [7, 11) is 3.45. The summed E-state index contributed by atoms with van der Waals surface area (Å²) >= 11 is 0. The highest BCUT2D eigenvalue weighted by atomic mass is 16.7. The van der Waals surface area contributed by atoms with Gasteiger partial charge in [-0.25, -0.2) is 0 Å². The van der Waals surface area contributed by atoms with E-state index in [2.05, 4.69) is 32.1 Å². The molecule has 2 aliphatic carbocycles. The Bertz CT molecular complexity index is 721. The topological polar surface area (TPSA) is 61.6 Å². The summed E-state index contributed by atoms with van der Waals surface area (Å²) in [5.41, 5.74) is 10.2. The minimum Gasteiger partial charge on any atom is -0.366 e. The maximum absolute atomic E-state index is 12.0. The molecule has 148 valence electrons. The van der Waals surface area contributed by atoms with Crippen molar-refractivity contribution in [2.24, 2.45) is 11.1 Å². The molecule has 0 aliphatic heterocycles. The lowest BCUT2D eigenvalue weighted by Gasteiger charge is -2.38. The van der Waals surface area contributed by atoms with Gasteiger partial charge >= 0.3 is 0 Å². The van der Waals surface area contributed by atoms with E-state index in [-0.39, 0.29) is 5.91 Å². The first-order valence-electron chi connectivity index (χ1n) is 10.0. The second-order valence-electron chi connectivity index (χ2n) is 8.86. The van der Waals surface area contributed by atoms with Crippen LogP contribution in [0.2, 0.25) is 0 Å². The number of amides is 1. The fraction of sp³-hybridized carbons (Fsp3) is 0.609. The fourth-order valence-electron chi connectivity index (χ4n) is 4.50. The maximum Gasteiger partial charge on any atom is 0.249 e. The molecule has 0 unspecified atom stereocenters. The molecule has 0 spiro atoms. The average molecular weight is 372 g/mol. The Labute approximate surface area is 163 Å². The third kappa shape index (κ3) is 4.27. The Morgan fingerprint density at radius 1 is 1.11 bits per heavy atom. The van der Waals surface area contributed by atoms with Gasteiger partial charge in [-0.05, 0) is 66.2 Å². The zero-order chi connectivity index (χ0) is 19.7. The molecule has 4 heteroatoms. The lowest BCUT2D eigenvalue weighted by atomic mass is 9.75. The molecule has 0 saturated heterocycles. The highest BCUT2D eigenvalue weighted by Crippen LogP contribution is 2.43. The summed E-state index contributed by atoms with van der Waals surface area (Å²) < 4.78 is 11.2. The van der Waals surface area contributed by atoms with Gasteiger partial charge in [-0.15, -0.1) is 0 Å². The zero-order valence-electron chi connectivity index (χ0n) is 17.1. The van der Waals surface area contributed by atoms with Crippen molar-refractivity contribution < 1.29 is 14.3 Å². The number of ether oxygens (including phenoxy) is 2. The van der Waals surface area contributed by atoms with Crippen LogP contribution < -0.4 is 5.73 Å². The largest absolute Gasteiger partial charge is 0.366 e. The van der Waals surface area contributed by atoms with Crippen LogP contribution in [0.5, 0.6) is 0 Å². The van der Waals surface area contributed by atoms with E-state index in [9.17, 15) is 4.79 Å². The lowest BCUT2D eigenvalue weighted by Crippen LogP contribution is -2.37. The molecule has 1 aromatic carbocycles. The van der Waals surface area contributed by atoms with Gasteiger partial charge < -0.3 is 15.2 Å². The van der Waals surface area contributed by atoms with Crippen LogP contribution in [-0.2, 0) is 9.47 Å². The van der Waals surface area contributed by atoms with Gasteiger partial charge in [-0.2, -0.15) is 0 Å². The molecular formula is C23H33NO3. The van der Waals surface area contributed by atoms with Crippen LogP contribution in [0, 0.1) is 5.41 Å². The summed E-state index contributed by atoms with van der Waals surface area (Å²) in [6.07, 6.45) is 9.27. The number of hydrogen-bond donors (Lipinski definition) is 1. The van der Waals surface area contributed by atoms with Crippen LogP contribution in [0.25, 0.3) is 5.57 Å². The molecule has 1 fully saturated rings.